The van der Waals surface area contributed by atoms with Crippen molar-refractivity contribution in [3.8, 4) is 0 Å². The second kappa shape index (κ2) is 15.5. The second-order valence-corrected chi connectivity index (χ2v) is 11.8. The fourth-order valence-corrected chi connectivity index (χ4v) is 5.81. The highest BCUT2D eigenvalue weighted by Gasteiger charge is 2.55. The van der Waals surface area contributed by atoms with Crippen molar-refractivity contribution < 1.29 is 94.1 Å². The quantitative estimate of drug-likeness (QED) is 0.108. The molecule has 1 amide bonds. The van der Waals surface area contributed by atoms with E-state index in [1.807, 2.05) is 0 Å². The first-order valence-corrected chi connectivity index (χ1v) is 14.8. The van der Waals surface area contributed by atoms with E-state index in [1.54, 1.807) is 0 Å². The topological polar surface area (TPSA) is 316 Å². The molecule has 4 heterocycles. The van der Waals surface area contributed by atoms with Gasteiger partial charge < -0.3 is 94.6 Å². The Labute approximate surface area is 262 Å². The van der Waals surface area contributed by atoms with Gasteiger partial charge in [0.05, 0.1) is 25.4 Å². The van der Waals surface area contributed by atoms with E-state index in [1.165, 1.54) is 13.8 Å². The van der Waals surface area contributed by atoms with Gasteiger partial charge in [0, 0.05) is 6.92 Å². The normalized spacial score (nSPS) is 51.9. The van der Waals surface area contributed by atoms with Crippen molar-refractivity contribution in [2.75, 3.05) is 13.2 Å². The lowest BCUT2D eigenvalue weighted by atomic mass is 9.95. The molecule has 4 fully saturated rings. The molecule has 0 radical (unpaired) electrons. The van der Waals surface area contributed by atoms with Crippen LogP contribution in [0.15, 0.2) is 0 Å². The summed E-state index contributed by atoms with van der Waals surface area (Å²) in [5.41, 5.74) is 0. The molecule has 20 heteroatoms. The van der Waals surface area contributed by atoms with Crippen molar-refractivity contribution in [2.45, 2.75) is 144 Å². The standard InChI is InChI=1S/C26H45NO19/c1-6-12(31)16(35)18(37)24(40-6)45-21-13(32)7(2)41-25(19(21)38)46-22-17(36)14(33)9(4-28)43-26(22)44-20-11(27-8(3)30)23(39)42-10(5-29)15(20)34/h6-7,9-26,28-29,31-39H,4-5H2,1-3H3,(H,27,30)/t6-,7-,9+,10+,11+,12-,13-,14-,15+,16+,17-,18+,19+,20+,21+,22+,23-,24-,25-,26+/m0/s1. The minimum atomic E-state index is -1.93. The molecule has 4 saturated heterocycles. The minimum Gasteiger partial charge on any atom is -0.394 e. The Morgan fingerprint density at radius 3 is 1.67 bits per heavy atom. The number of hydrogen-bond acceptors (Lipinski definition) is 19. The predicted molar refractivity (Wildman–Crippen MR) is 143 cm³/mol. The molecule has 4 aliphatic heterocycles. The van der Waals surface area contributed by atoms with E-state index in [0.29, 0.717) is 0 Å². The van der Waals surface area contributed by atoms with Gasteiger partial charge in [-0.25, -0.2) is 0 Å². The van der Waals surface area contributed by atoms with Gasteiger partial charge in [0.1, 0.15) is 85.4 Å². The predicted octanol–water partition coefficient (Wildman–Crippen LogP) is -7.55. The van der Waals surface area contributed by atoms with Crippen molar-refractivity contribution >= 4 is 5.91 Å². The van der Waals surface area contributed by atoms with E-state index in [2.05, 4.69) is 5.32 Å². The fourth-order valence-electron chi connectivity index (χ4n) is 5.81. The number of rotatable bonds is 9. The highest BCUT2D eigenvalue weighted by atomic mass is 16.8. The lowest BCUT2D eigenvalue weighted by Crippen LogP contribution is -2.69. The van der Waals surface area contributed by atoms with Gasteiger partial charge >= 0.3 is 0 Å². The van der Waals surface area contributed by atoms with Gasteiger partial charge in [-0.3, -0.25) is 4.79 Å². The molecule has 0 unspecified atom stereocenters. The molecule has 0 aromatic rings. The van der Waals surface area contributed by atoms with Crippen molar-refractivity contribution in [1.29, 1.82) is 0 Å². The number of aliphatic hydroxyl groups excluding tert-OH is 11. The number of carbonyl (C=O) groups is 1. The molecule has 4 rings (SSSR count). The Morgan fingerprint density at radius 1 is 0.565 bits per heavy atom. The summed E-state index contributed by atoms with van der Waals surface area (Å²) in [7, 11) is 0. The van der Waals surface area contributed by atoms with Gasteiger partial charge in [-0.05, 0) is 13.8 Å². The first-order chi connectivity index (χ1) is 21.6. The first-order valence-electron chi connectivity index (χ1n) is 14.8. The number of amides is 1. The lowest BCUT2D eigenvalue weighted by Gasteiger charge is -2.49. The summed E-state index contributed by atoms with van der Waals surface area (Å²) >= 11 is 0. The minimum absolute atomic E-state index is 0.669. The summed E-state index contributed by atoms with van der Waals surface area (Å²) in [4.78, 5) is 11.9. The zero-order valence-corrected chi connectivity index (χ0v) is 25.1. The summed E-state index contributed by atoms with van der Waals surface area (Å²) in [6.07, 6.45) is -31.0. The van der Waals surface area contributed by atoms with Crippen molar-refractivity contribution in [3.63, 3.8) is 0 Å². The van der Waals surface area contributed by atoms with Crippen LogP contribution in [0.3, 0.4) is 0 Å². The molecule has 268 valence electrons. The molecular weight excluding hydrogens is 630 g/mol. The Bertz CT molecular complexity index is 997. The Kier molecular flexibility index (Phi) is 12.7. The summed E-state index contributed by atoms with van der Waals surface area (Å²) in [6.45, 7) is 2.26. The molecule has 0 saturated carbocycles. The third kappa shape index (κ3) is 7.64. The molecule has 0 aromatic heterocycles. The van der Waals surface area contributed by atoms with Crippen LogP contribution in [-0.4, -0.2) is 198 Å². The van der Waals surface area contributed by atoms with E-state index in [0.717, 1.165) is 6.92 Å². The number of nitrogens with one attached hydrogen (secondary N) is 1. The van der Waals surface area contributed by atoms with Gasteiger partial charge in [-0.1, -0.05) is 0 Å². The Hall–Kier alpha value is -1.25. The van der Waals surface area contributed by atoms with E-state index in [-0.39, 0.29) is 0 Å². The van der Waals surface area contributed by atoms with E-state index >= 15 is 0 Å². The molecule has 0 bridgehead atoms. The van der Waals surface area contributed by atoms with Crippen molar-refractivity contribution in [3.05, 3.63) is 0 Å². The average molecular weight is 676 g/mol. The van der Waals surface area contributed by atoms with Crippen LogP contribution >= 0.6 is 0 Å². The van der Waals surface area contributed by atoms with Crippen LogP contribution in [0, 0.1) is 0 Å². The van der Waals surface area contributed by atoms with Gasteiger partial charge in [-0.2, -0.15) is 0 Å². The summed E-state index contributed by atoms with van der Waals surface area (Å²) < 4.78 is 39.1. The van der Waals surface area contributed by atoms with Crippen LogP contribution in [0.4, 0.5) is 0 Å². The molecule has 20 nitrogen and oxygen atoms in total. The SMILES string of the molecule is CC(=O)N[C@@H]1[C@@H](O[C@H]2O[C@H](CO)[C@H](O)[C@H](O)[C@H]2O[C@@H]2O[C@@H](C)[C@H](O)[C@@H](O[C@@H]3O[C@@H](C)[C@H](O)[C@@H](O)[C@H]3O)[C@H]2O)[C@H](O)[C@@H](CO)O[C@@H]1O. The van der Waals surface area contributed by atoms with Crippen molar-refractivity contribution in [1.82, 2.24) is 5.32 Å². The Balaban J connectivity index is 1.58. The summed E-state index contributed by atoms with van der Waals surface area (Å²) in [5.74, 6) is -0.669. The fraction of sp³-hybridized carbons (Fsp3) is 0.962. The van der Waals surface area contributed by atoms with Gasteiger partial charge in [0.15, 0.2) is 25.2 Å². The monoisotopic (exact) mass is 675 g/mol. The van der Waals surface area contributed by atoms with E-state index in [9.17, 15) is 61.0 Å². The third-order valence-electron chi connectivity index (χ3n) is 8.53. The molecule has 4 aliphatic rings. The number of hydrogen-bond donors (Lipinski definition) is 12. The smallest absolute Gasteiger partial charge is 0.217 e. The largest absolute Gasteiger partial charge is 0.394 e. The van der Waals surface area contributed by atoms with Gasteiger partial charge in [0.25, 0.3) is 0 Å². The highest BCUT2D eigenvalue weighted by molar-refractivity contribution is 5.73. The van der Waals surface area contributed by atoms with Crippen LogP contribution < -0.4 is 5.32 Å². The van der Waals surface area contributed by atoms with Crippen LogP contribution in [0.2, 0.25) is 0 Å². The zero-order chi connectivity index (χ0) is 34.2. The van der Waals surface area contributed by atoms with Gasteiger partial charge in [-0.15, -0.1) is 0 Å². The van der Waals surface area contributed by atoms with Crippen molar-refractivity contribution in [2.24, 2.45) is 0 Å². The molecule has 0 aliphatic carbocycles. The lowest BCUT2D eigenvalue weighted by molar-refractivity contribution is -0.390. The van der Waals surface area contributed by atoms with E-state index < -0.39 is 142 Å². The Morgan fingerprint density at radius 2 is 1.09 bits per heavy atom. The molecular formula is C26H45NO19. The maximum absolute atomic E-state index is 11.9. The van der Waals surface area contributed by atoms with E-state index in [4.69, 9.17) is 33.2 Å². The summed E-state index contributed by atoms with van der Waals surface area (Å²) in [5, 5.41) is 117. The van der Waals surface area contributed by atoms with Crippen LogP contribution in [0.5, 0.6) is 0 Å². The first kappa shape index (κ1) is 37.6. The highest BCUT2D eigenvalue weighted by Crippen LogP contribution is 2.34. The summed E-state index contributed by atoms with van der Waals surface area (Å²) in [6, 6.07) is -1.46. The molecule has 0 aromatic carbocycles. The maximum atomic E-state index is 11.9. The van der Waals surface area contributed by atoms with Crippen LogP contribution in [0.25, 0.3) is 0 Å². The number of aliphatic hydroxyl groups is 11. The average Bonchev–Trinajstić information content (AvgIpc) is 3.01. The number of ether oxygens (including phenoxy) is 7. The second-order valence-electron chi connectivity index (χ2n) is 11.8. The zero-order valence-electron chi connectivity index (χ0n) is 25.1. The third-order valence-corrected chi connectivity index (χ3v) is 8.53. The molecule has 46 heavy (non-hydrogen) atoms. The van der Waals surface area contributed by atoms with Crippen LogP contribution in [-0.2, 0) is 38.0 Å². The number of carbonyl (C=O) groups excluding carboxylic acids is 1. The maximum Gasteiger partial charge on any atom is 0.217 e. The van der Waals surface area contributed by atoms with Crippen LogP contribution in [0.1, 0.15) is 20.8 Å². The molecule has 0 spiro atoms. The molecule has 12 N–H and O–H groups in total. The molecule has 20 atom stereocenters. The van der Waals surface area contributed by atoms with Gasteiger partial charge in [0.2, 0.25) is 5.91 Å².